The summed E-state index contributed by atoms with van der Waals surface area (Å²) in [6.07, 6.45) is 1.00. The Morgan fingerprint density at radius 2 is 2.10 bits per heavy atom. The molecule has 1 atom stereocenters. The maximum absolute atomic E-state index is 13.2. The Kier molecular flexibility index (Phi) is 6.65. The van der Waals surface area contributed by atoms with Gasteiger partial charge in [-0.25, -0.2) is 13.5 Å². The molecule has 3 rings (SSSR count). The van der Waals surface area contributed by atoms with Gasteiger partial charge in [0.1, 0.15) is 6.04 Å². The van der Waals surface area contributed by atoms with Gasteiger partial charge in [-0.2, -0.15) is 9.29 Å². The van der Waals surface area contributed by atoms with Gasteiger partial charge in [0, 0.05) is 12.6 Å². The second kappa shape index (κ2) is 9.01. The van der Waals surface area contributed by atoms with Crippen LogP contribution in [0.15, 0.2) is 28.3 Å². The molecule has 10 nitrogen and oxygen atoms in total. The second-order valence-electron chi connectivity index (χ2n) is 6.18. The number of carbonyl (C=O) groups excluding carboxylic acids is 1. The molecular weight excluding hydrogens is 418 g/mol. The number of benzene rings is 1. The summed E-state index contributed by atoms with van der Waals surface area (Å²) < 4.78 is 37.9. The standard InChI is InChI=1S/C17H23N5O5S2/c1-4-28-17-19-16(20-21-17)18-15(23)12-6-5-9-22(12)29(24,25)11-7-8-13(26-2)14(10-11)27-3/h7-8,10,12H,4-6,9H2,1-3H3,(H2,18,19,20,21,23). The van der Waals surface area contributed by atoms with Crippen LogP contribution in [0, 0.1) is 0 Å². The first-order chi connectivity index (χ1) is 13.9. The predicted molar refractivity (Wildman–Crippen MR) is 108 cm³/mol. The molecule has 1 amide bonds. The van der Waals surface area contributed by atoms with Crippen molar-refractivity contribution in [2.45, 2.75) is 35.9 Å². The predicted octanol–water partition coefficient (Wildman–Crippen LogP) is 1.73. The minimum absolute atomic E-state index is 0.0381. The molecular formula is C17H23N5O5S2. The van der Waals surface area contributed by atoms with Crippen molar-refractivity contribution in [1.29, 1.82) is 0 Å². The van der Waals surface area contributed by atoms with E-state index in [-0.39, 0.29) is 17.4 Å². The molecule has 1 unspecified atom stereocenters. The summed E-state index contributed by atoms with van der Waals surface area (Å²) in [5.74, 6) is 1.27. The highest BCUT2D eigenvalue weighted by molar-refractivity contribution is 7.99. The molecule has 0 spiro atoms. The van der Waals surface area contributed by atoms with E-state index in [0.29, 0.717) is 29.5 Å². The fraction of sp³-hybridized carbons (Fsp3) is 0.471. The van der Waals surface area contributed by atoms with Gasteiger partial charge < -0.3 is 9.47 Å². The van der Waals surface area contributed by atoms with E-state index in [4.69, 9.17) is 9.47 Å². The maximum Gasteiger partial charge on any atom is 0.245 e. The molecule has 158 valence electrons. The summed E-state index contributed by atoms with van der Waals surface area (Å²) in [5.41, 5.74) is 0. The Labute approximate surface area is 173 Å². The van der Waals surface area contributed by atoms with E-state index in [0.717, 1.165) is 5.75 Å². The van der Waals surface area contributed by atoms with Gasteiger partial charge >= 0.3 is 0 Å². The summed E-state index contributed by atoms with van der Waals surface area (Å²) in [4.78, 5) is 16.9. The van der Waals surface area contributed by atoms with Gasteiger partial charge in [-0.15, -0.1) is 5.10 Å². The van der Waals surface area contributed by atoms with Crippen molar-refractivity contribution >= 4 is 33.6 Å². The topological polar surface area (TPSA) is 127 Å². The van der Waals surface area contributed by atoms with Gasteiger partial charge in [-0.1, -0.05) is 18.7 Å². The maximum atomic E-state index is 13.2. The highest BCUT2D eigenvalue weighted by atomic mass is 32.2. The number of thioether (sulfide) groups is 1. The molecule has 1 aliphatic heterocycles. The molecule has 1 saturated heterocycles. The number of hydrogen-bond donors (Lipinski definition) is 2. The van der Waals surface area contributed by atoms with E-state index in [9.17, 15) is 13.2 Å². The molecule has 1 fully saturated rings. The summed E-state index contributed by atoms with van der Waals surface area (Å²) in [5, 5.41) is 9.78. The molecule has 0 bridgehead atoms. The minimum Gasteiger partial charge on any atom is -0.493 e. The number of nitrogens with zero attached hydrogens (tertiary/aromatic N) is 3. The van der Waals surface area contributed by atoms with Crippen molar-refractivity contribution in [2.24, 2.45) is 0 Å². The number of anilines is 1. The van der Waals surface area contributed by atoms with Crippen molar-refractivity contribution < 1.29 is 22.7 Å². The van der Waals surface area contributed by atoms with Crippen LogP contribution in [0.2, 0.25) is 0 Å². The van der Waals surface area contributed by atoms with Crippen molar-refractivity contribution in [3.8, 4) is 11.5 Å². The summed E-state index contributed by atoms with van der Waals surface area (Å²) in [6, 6.07) is 3.53. The van der Waals surface area contributed by atoms with Gasteiger partial charge in [0.25, 0.3) is 0 Å². The fourth-order valence-corrected chi connectivity index (χ4v) is 5.29. The van der Waals surface area contributed by atoms with Crippen molar-refractivity contribution in [1.82, 2.24) is 19.5 Å². The quantitative estimate of drug-likeness (QED) is 0.593. The number of sulfonamides is 1. The van der Waals surface area contributed by atoms with Crippen LogP contribution in [0.5, 0.6) is 11.5 Å². The number of rotatable bonds is 8. The monoisotopic (exact) mass is 441 g/mol. The third-order valence-electron chi connectivity index (χ3n) is 4.45. The number of ether oxygens (including phenoxy) is 2. The van der Waals surface area contributed by atoms with E-state index < -0.39 is 22.0 Å². The molecule has 29 heavy (non-hydrogen) atoms. The zero-order valence-electron chi connectivity index (χ0n) is 16.3. The molecule has 2 aromatic rings. The fourth-order valence-electron chi connectivity index (χ4n) is 3.10. The Hall–Kier alpha value is -2.31. The van der Waals surface area contributed by atoms with Crippen molar-refractivity contribution in [3.63, 3.8) is 0 Å². The first-order valence-corrected chi connectivity index (χ1v) is 11.4. The SMILES string of the molecule is CCSc1n[nH]c(NC(=O)C2CCCN2S(=O)(=O)c2ccc(OC)c(OC)c2)n1. The number of aromatic amines is 1. The van der Waals surface area contributed by atoms with Gasteiger partial charge in [0.15, 0.2) is 11.5 Å². The largest absolute Gasteiger partial charge is 0.493 e. The molecule has 1 aromatic carbocycles. The molecule has 0 radical (unpaired) electrons. The van der Waals surface area contributed by atoms with E-state index >= 15 is 0 Å². The highest BCUT2D eigenvalue weighted by Gasteiger charge is 2.40. The molecule has 0 saturated carbocycles. The summed E-state index contributed by atoms with van der Waals surface area (Å²) in [7, 11) is -0.993. The molecule has 2 heterocycles. The van der Waals surface area contributed by atoms with Crippen LogP contribution in [0.1, 0.15) is 19.8 Å². The van der Waals surface area contributed by atoms with E-state index in [1.165, 1.54) is 48.5 Å². The Balaban J connectivity index is 1.80. The van der Waals surface area contributed by atoms with E-state index in [2.05, 4.69) is 20.5 Å². The Bertz CT molecular complexity index is 978. The zero-order chi connectivity index (χ0) is 21.0. The van der Waals surface area contributed by atoms with Crippen LogP contribution in [0.3, 0.4) is 0 Å². The second-order valence-corrected chi connectivity index (χ2v) is 9.30. The number of nitrogens with one attached hydrogen (secondary N) is 2. The normalized spacial score (nSPS) is 17.3. The van der Waals surface area contributed by atoms with Gasteiger partial charge in [0.05, 0.1) is 19.1 Å². The van der Waals surface area contributed by atoms with Crippen molar-refractivity contribution in [2.75, 3.05) is 31.8 Å². The molecule has 2 N–H and O–H groups in total. The number of methoxy groups -OCH3 is 2. The number of hydrogen-bond acceptors (Lipinski definition) is 8. The zero-order valence-corrected chi connectivity index (χ0v) is 18.0. The lowest BCUT2D eigenvalue weighted by Crippen LogP contribution is -2.43. The van der Waals surface area contributed by atoms with Crippen LogP contribution in [-0.2, 0) is 14.8 Å². The Morgan fingerprint density at radius 3 is 2.79 bits per heavy atom. The number of amides is 1. The van der Waals surface area contributed by atoms with Crippen LogP contribution >= 0.6 is 11.8 Å². The van der Waals surface area contributed by atoms with Gasteiger partial charge in [-0.3, -0.25) is 10.1 Å². The highest BCUT2D eigenvalue weighted by Crippen LogP contribution is 2.33. The first-order valence-electron chi connectivity index (χ1n) is 9.00. The first kappa shape index (κ1) is 21.4. The van der Waals surface area contributed by atoms with E-state index in [1.807, 2.05) is 6.92 Å². The lowest BCUT2D eigenvalue weighted by Gasteiger charge is -2.23. The lowest BCUT2D eigenvalue weighted by atomic mass is 10.2. The van der Waals surface area contributed by atoms with Gasteiger partial charge in [0.2, 0.25) is 27.0 Å². The van der Waals surface area contributed by atoms with E-state index in [1.54, 1.807) is 0 Å². The van der Waals surface area contributed by atoms with Crippen LogP contribution < -0.4 is 14.8 Å². The molecule has 0 aliphatic carbocycles. The van der Waals surface area contributed by atoms with Crippen LogP contribution in [0.25, 0.3) is 0 Å². The van der Waals surface area contributed by atoms with Crippen molar-refractivity contribution in [3.05, 3.63) is 18.2 Å². The number of H-pyrrole nitrogens is 1. The summed E-state index contributed by atoms with van der Waals surface area (Å²) >= 11 is 1.43. The molecule has 1 aliphatic rings. The summed E-state index contributed by atoms with van der Waals surface area (Å²) in [6.45, 7) is 2.22. The minimum atomic E-state index is -3.90. The number of carbonyl (C=O) groups is 1. The molecule has 12 heteroatoms. The smallest absolute Gasteiger partial charge is 0.245 e. The van der Waals surface area contributed by atoms with Crippen LogP contribution in [0.4, 0.5) is 5.95 Å². The lowest BCUT2D eigenvalue weighted by molar-refractivity contribution is -0.119. The Morgan fingerprint density at radius 1 is 1.34 bits per heavy atom. The number of aromatic nitrogens is 3. The van der Waals surface area contributed by atoms with Gasteiger partial charge in [-0.05, 0) is 30.7 Å². The average molecular weight is 442 g/mol. The van der Waals surface area contributed by atoms with Crippen LogP contribution in [-0.4, -0.2) is 66.4 Å². The molecule has 1 aromatic heterocycles. The third kappa shape index (κ3) is 4.49. The third-order valence-corrected chi connectivity index (χ3v) is 7.08. The average Bonchev–Trinajstić information content (AvgIpc) is 3.37.